The Morgan fingerprint density at radius 2 is 1.75 bits per heavy atom. The molecule has 1 saturated carbocycles. The molecule has 2 aromatic rings. The minimum absolute atomic E-state index is 0.123. The molecule has 0 amide bonds. The van der Waals surface area contributed by atoms with Gasteiger partial charge in [0.25, 0.3) is 0 Å². The predicted molar refractivity (Wildman–Crippen MR) is 83.1 cm³/mol. The molecule has 0 spiro atoms. The molecule has 0 aliphatic heterocycles. The summed E-state index contributed by atoms with van der Waals surface area (Å²) in [4.78, 5) is 0. The second-order valence-electron chi connectivity index (χ2n) is 5.36. The van der Waals surface area contributed by atoms with E-state index < -0.39 is 0 Å². The number of rotatable bonds is 4. The summed E-state index contributed by atoms with van der Waals surface area (Å²) in [6.45, 7) is 0.611. The number of halogens is 2. The van der Waals surface area contributed by atoms with Crippen LogP contribution >= 0.6 is 15.9 Å². The van der Waals surface area contributed by atoms with Gasteiger partial charge in [-0.1, -0.05) is 52.3 Å². The molecule has 0 aromatic heterocycles. The first-order valence-corrected chi connectivity index (χ1v) is 7.74. The molecule has 1 fully saturated rings. The zero-order valence-corrected chi connectivity index (χ0v) is 12.7. The van der Waals surface area contributed by atoms with Crippen LogP contribution < -0.4 is 5.32 Å². The minimum Gasteiger partial charge on any atom is -0.310 e. The second kappa shape index (κ2) is 6.06. The number of hydrogen-bond acceptors (Lipinski definition) is 1. The lowest BCUT2D eigenvalue weighted by molar-refractivity contribution is 0.287. The highest BCUT2D eigenvalue weighted by Crippen LogP contribution is 2.40. The predicted octanol–water partition coefficient (Wildman–Crippen LogP) is 4.62. The van der Waals surface area contributed by atoms with Crippen LogP contribution in [0.2, 0.25) is 0 Å². The average molecular weight is 334 g/mol. The third-order valence-electron chi connectivity index (χ3n) is 4.02. The monoisotopic (exact) mass is 333 g/mol. The molecule has 3 rings (SSSR count). The van der Waals surface area contributed by atoms with Gasteiger partial charge in [-0.2, -0.15) is 0 Å². The summed E-state index contributed by atoms with van der Waals surface area (Å²) in [5.74, 6) is 0.491. The van der Waals surface area contributed by atoms with Gasteiger partial charge in [0.15, 0.2) is 0 Å². The highest BCUT2D eigenvalue weighted by Gasteiger charge is 2.30. The Morgan fingerprint density at radius 1 is 1.05 bits per heavy atom. The van der Waals surface area contributed by atoms with E-state index in [0.29, 0.717) is 18.5 Å². The Hall–Kier alpha value is -1.19. The fourth-order valence-corrected chi connectivity index (χ4v) is 3.35. The molecule has 0 radical (unpaired) electrons. The first-order valence-electron chi connectivity index (χ1n) is 6.95. The van der Waals surface area contributed by atoms with E-state index in [0.717, 1.165) is 18.4 Å². The topological polar surface area (TPSA) is 12.0 Å². The maximum atomic E-state index is 13.5. The van der Waals surface area contributed by atoms with Crippen LogP contribution in [0, 0.1) is 5.82 Å². The molecule has 2 aromatic carbocycles. The Balaban J connectivity index is 1.52. The molecule has 20 heavy (non-hydrogen) atoms. The molecule has 0 unspecified atom stereocenters. The SMILES string of the molecule is Fc1ccccc1CNC1CC(c2ccccc2Br)C1. The van der Waals surface area contributed by atoms with E-state index in [4.69, 9.17) is 0 Å². The van der Waals surface area contributed by atoms with Gasteiger partial charge in [-0.3, -0.25) is 0 Å². The van der Waals surface area contributed by atoms with Gasteiger partial charge < -0.3 is 5.32 Å². The van der Waals surface area contributed by atoms with Gasteiger partial charge in [0.1, 0.15) is 5.82 Å². The van der Waals surface area contributed by atoms with Crippen LogP contribution in [0.25, 0.3) is 0 Å². The van der Waals surface area contributed by atoms with Crippen molar-refractivity contribution >= 4 is 15.9 Å². The van der Waals surface area contributed by atoms with Gasteiger partial charge >= 0.3 is 0 Å². The van der Waals surface area contributed by atoms with Gasteiger partial charge in [0.05, 0.1) is 0 Å². The summed E-state index contributed by atoms with van der Waals surface area (Å²) in [5.41, 5.74) is 2.13. The fourth-order valence-electron chi connectivity index (χ4n) is 2.74. The van der Waals surface area contributed by atoms with Crippen LogP contribution in [0.4, 0.5) is 4.39 Å². The Morgan fingerprint density at radius 3 is 2.50 bits per heavy atom. The first kappa shape index (κ1) is 13.8. The highest BCUT2D eigenvalue weighted by atomic mass is 79.9. The van der Waals surface area contributed by atoms with Crippen LogP contribution in [0.1, 0.15) is 29.9 Å². The van der Waals surface area contributed by atoms with E-state index in [1.54, 1.807) is 6.07 Å². The van der Waals surface area contributed by atoms with Crippen molar-refractivity contribution in [2.24, 2.45) is 0 Å². The normalized spacial score (nSPS) is 21.5. The molecule has 0 atom stereocenters. The summed E-state index contributed by atoms with van der Waals surface area (Å²) < 4.78 is 14.7. The van der Waals surface area contributed by atoms with E-state index in [2.05, 4.69) is 39.4 Å². The van der Waals surface area contributed by atoms with Crippen LogP contribution in [0.5, 0.6) is 0 Å². The molecule has 0 heterocycles. The lowest BCUT2D eigenvalue weighted by Gasteiger charge is -2.37. The quantitative estimate of drug-likeness (QED) is 0.860. The van der Waals surface area contributed by atoms with Crippen molar-refractivity contribution in [3.05, 3.63) is 69.9 Å². The summed E-state index contributed by atoms with van der Waals surface area (Å²) in [5, 5.41) is 3.44. The number of benzene rings is 2. The molecule has 0 bridgehead atoms. The lowest BCUT2D eigenvalue weighted by Crippen LogP contribution is -2.39. The average Bonchev–Trinajstić information content (AvgIpc) is 2.41. The Labute approximate surface area is 127 Å². The lowest BCUT2D eigenvalue weighted by atomic mass is 9.76. The summed E-state index contributed by atoms with van der Waals surface area (Å²) >= 11 is 3.61. The van der Waals surface area contributed by atoms with E-state index >= 15 is 0 Å². The fraction of sp³-hybridized carbons (Fsp3) is 0.294. The Bertz CT molecular complexity index is 590. The first-order chi connectivity index (χ1) is 9.74. The van der Waals surface area contributed by atoms with Crippen molar-refractivity contribution in [3.8, 4) is 0 Å². The van der Waals surface area contributed by atoms with E-state index in [-0.39, 0.29) is 5.82 Å². The van der Waals surface area contributed by atoms with Crippen LogP contribution in [0.15, 0.2) is 53.0 Å². The maximum Gasteiger partial charge on any atom is 0.127 e. The van der Waals surface area contributed by atoms with Crippen molar-refractivity contribution < 1.29 is 4.39 Å². The number of nitrogens with one attached hydrogen (secondary N) is 1. The van der Waals surface area contributed by atoms with Gasteiger partial charge in [-0.25, -0.2) is 4.39 Å². The molecular weight excluding hydrogens is 317 g/mol. The highest BCUT2D eigenvalue weighted by molar-refractivity contribution is 9.10. The summed E-state index contributed by atoms with van der Waals surface area (Å²) in [6, 6.07) is 15.9. The van der Waals surface area contributed by atoms with Gasteiger partial charge in [0.2, 0.25) is 0 Å². The zero-order chi connectivity index (χ0) is 13.9. The molecule has 1 aliphatic rings. The summed E-state index contributed by atoms with van der Waals surface area (Å²) in [6.07, 6.45) is 2.24. The Kier molecular flexibility index (Phi) is 4.18. The molecule has 1 N–H and O–H groups in total. The molecule has 1 aliphatic carbocycles. The zero-order valence-electron chi connectivity index (χ0n) is 11.2. The van der Waals surface area contributed by atoms with E-state index in [1.165, 1.54) is 16.1 Å². The molecule has 3 heteroatoms. The summed E-state index contributed by atoms with van der Waals surface area (Å²) in [7, 11) is 0. The second-order valence-corrected chi connectivity index (χ2v) is 6.21. The van der Waals surface area contributed by atoms with Crippen molar-refractivity contribution in [2.75, 3.05) is 0 Å². The smallest absolute Gasteiger partial charge is 0.127 e. The van der Waals surface area contributed by atoms with Crippen LogP contribution in [-0.4, -0.2) is 6.04 Å². The van der Waals surface area contributed by atoms with Crippen molar-refractivity contribution in [2.45, 2.75) is 31.3 Å². The van der Waals surface area contributed by atoms with Gasteiger partial charge in [-0.15, -0.1) is 0 Å². The van der Waals surface area contributed by atoms with Crippen molar-refractivity contribution in [1.82, 2.24) is 5.32 Å². The number of hydrogen-bond donors (Lipinski definition) is 1. The van der Waals surface area contributed by atoms with E-state index in [9.17, 15) is 4.39 Å². The van der Waals surface area contributed by atoms with Gasteiger partial charge in [0, 0.05) is 22.6 Å². The maximum absolute atomic E-state index is 13.5. The van der Waals surface area contributed by atoms with Gasteiger partial charge in [-0.05, 0) is 36.5 Å². The van der Waals surface area contributed by atoms with Crippen LogP contribution in [0.3, 0.4) is 0 Å². The van der Waals surface area contributed by atoms with Crippen molar-refractivity contribution in [3.63, 3.8) is 0 Å². The molecule has 104 valence electrons. The molecular formula is C17H17BrFN. The van der Waals surface area contributed by atoms with E-state index in [1.807, 2.05) is 18.2 Å². The third kappa shape index (κ3) is 2.94. The standard InChI is InChI=1S/C17H17BrFN/c18-16-7-3-2-6-15(16)13-9-14(10-13)20-11-12-5-1-4-8-17(12)19/h1-8,13-14,20H,9-11H2. The van der Waals surface area contributed by atoms with Crippen molar-refractivity contribution in [1.29, 1.82) is 0 Å². The largest absolute Gasteiger partial charge is 0.310 e. The van der Waals surface area contributed by atoms with Crippen LogP contribution in [-0.2, 0) is 6.54 Å². The molecule has 0 saturated heterocycles. The third-order valence-corrected chi connectivity index (χ3v) is 4.74. The molecule has 1 nitrogen and oxygen atoms in total. The minimum atomic E-state index is -0.123.